The van der Waals surface area contributed by atoms with Gasteiger partial charge in [-0.05, 0) is 66.7 Å². The van der Waals surface area contributed by atoms with Gasteiger partial charge in [0.2, 0.25) is 11.8 Å². The fraction of sp³-hybridized carbons (Fsp3) is 0.292. The summed E-state index contributed by atoms with van der Waals surface area (Å²) in [6.07, 6.45) is 4.62. The van der Waals surface area contributed by atoms with Crippen molar-refractivity contribution >= 4 is 58.2 Å². The highest BCUT2D eigenvalue weighted by molar-refractivity contribution is 7.80. The number of hydrogen-bond acceptors (Lipinski definition) is 4. The van der Waals surface area contributed by atoms with Gasteiger partial charge in [-0.25, -0.2) is 0 Å². The average Bonchev–Trinajstić information content (AvgIpc) is 2.79. The Balaban J connectivity index is 1.46. The molecule has 1 heterocycles. The average molecular weight is 471 g/mol. The predicted octanol–water partition coefficient (Wildman–Crippen LogP) is 4.32. The second-order valence-corrected chi connectivity index (χ2v) is 8.34. The zero-order chi connectivity index (χ0) is 22.9. The highest BCUT2D eigenvalue weighted by Gasteiger charge is 2.20. The van der Waals surface area contributed by atoms with Crippen LogP contribution in [0.2, 0.25) is 5.02 Å². The molecule has 0 bridgehead atoms. The summed E-state index contributed by atoms with van der Waals surface area (Å²) in [5.74, 6) is -0.0742. The summed E-state index contributed by atoms with van der Waals surface area (Å²) in [4.78, 5) is 28.3. The van der Waals surface area contributed by atoms with E-state index in [1.165, 1.54) is 6.08 Å². The molecule has 2 amide bonds. The number of amides is 2. The van der Waals surface area contributed by atoms with Gasteiger partial charge >= 0.3 is 0 Å². The van der Waals surface area contributed by atoms with Crippen molar-refractivity contribution in [1.29, 1.82) is 0 Å². The molecule has 0 spiro atoms. The number of piperazine rings is 1. The molecular formula is C24H27ClN4O2S. The van der Waals surface area contributed by atoms with Crippen molar-refractivity contribution in [1.82, 2.24) is 10.2 Å². The van der Waals surface area contributed by atoms with Crippen LogP contribution in [0.25, 0.3) is 6.08 Å². The first-order chi connectivity index (χ1) is 15.4. The number of rotatable bonds is 6. The van der Waals surface area contributed by atoms with Crippen molar-refractivity contribution in [2.75, 3.05) is 36.4 Å². The van der Waals surface area contributed by atoms with Crippen molar-refractivity contribution in [3.63, 3.8) is 0 Å². The summed E-state index contributed by atoms with van der Waals surface area (Å²) in [6, 6.07) is 15.0. The van der Waals surface area contributed by atoms with Crippen LogP contribution in [-0.4, -0.2) is 48.0 Å². The van der Waals surface area contributed by atoms with Gasteiger partial charge in [-0.3, -0.25) is 14.9 Å². The molecule has 0 aromatic heterocycles. The molecule has 0 saturated carbocycles. The van der Waals surface area contributed by atoms with Gasteiger partial charge in [-0.15, -0.1) is 0 Å². The van der Waals surface area contributed by atoms with E-state index in [1.54, 1.807) is 18.2 Å². The van der Waals surface area contributed by atoms with Crippen LogP contribution >= 0.6 is 23.8 Å². The van der Waals surface area contributed by atoms with Gasteiger partial charge in [0.1, 0.15) is 0 Å². The molecule has 0 atom stereocenters. The van der Waals surface area contributed by atoms with Crippen LogP contribution in [0.4, 0.5) is 11.4 Å². The van der Waals surface area contributed by atoms with Gasteiger partial charge in [0.15, 0.2) is 5.11 Å². The monoisotopic (exact) mass is 470 g/mol. The number of nitrogens with one attached hydrogen (secondary N) is 2. The minimum Gasteiger partial charge on any atom is -0.368 e. The Kier molecular flexibility index (Phi) is 8.64. The van der Waals surface area contributed by atoms with E-state index in [-0.39, 0.29) is 16.9 Å². The van der Waals surface area contributed by atoms with Crippen LogP contribution in [0, 0.1) is 0 Å². The maximum absolute atomic E-state index is 12.1. The lowest BCUT2D eigenvalue weighted by Gasteiger charge is -2.36. The van der Waals surface area contributed by atoms with E-state index >= 15 is 0 Å². The van der Waals surface area contributed by atoms with E-state index in [2.05, 4.69) is 15.5 Å². The first kappa shape index (κ1) is 23.8. The third-order valence-electron chi connectivity index (χ3n) is 5.12. The fourth-order valence-corrected chi connectivity index (χ4v) is 3.75. The normalized spacial score (nSPS) is 13.8. The lowest BCUT2D eigenvalue weighted by Crippen LogP contribution is -2.48. The van der Waals surface area contributed by atoms with Crippen LogP contribution in [-0.2, 0) is 9.59 Å². The van der Waals surface area contributed by atoms with E-state index in [4.69, 9.17) is 23.8 Å². The highest BCUT2D eigenvalue weighted by Crippen LogP contribution is 2.20. The topological polar surface area (TPSA) is 64.7 Å². The molecule has 2 N–H and O–H groups in total. The lowest BCUT2D eigenvalue weighted by molar-refractivity contribution is -0.131. The molecule has 1 saturated heterocycles. The first-order valence-electron chi connectivity index (χ1n) is 10.6. The summed E-state index contributed by atoms with van der Waals surface area (Å²) in [7, 11) is 0. The molecule has 1 aliphatic rings. The molecule has 8 heteroatoms. The summed E-state index contributed by atoms with van der Waals surface area (Å²) in [5, 5.41) is 6.53. The Bertz CT molecular complexity index is 968. The van der Waals surface area contributed by atoms with Gasteiger partial charge in [0, 0.05) is 55.1 Å². The molecule has 3 rings (SSSR count). The second kappa shape index (κ2) is 11.6. The smallest absolute Gasteiger partial charge is 0.250 e. The van der Waals surface area contributed by atoms with E-state index in [9.17, 15) is 9.59 Å². The maximum atomic E-state index is 12.1. The van der Waals surface area contributed by atoms with Gasteiger partial charge in [0.05, 0.1) is 0 Å². The minimum atomic E-state index is -0.315. The van der Waals surface area contributed by atoms with Gasteiger partial charge in [0.25, 0.3) is 0 Å². The van der Waals surface area contributed by atoms with Crippen LogP contribution in [0.5, 0.6) is 0 Å². The molecule has 2 aromatic carbocycles. The quantitative estimate of drug-likeness (QED) is 0.486. The number of carbonyl (C=O) groups is 2. The molecule has 1 fully saturated rings. The Morgan fingerprint density at radius 2 is 1.69 bits per heavy atom. The Labute approximate surface area is 199 Å². The SMILES string of the molecule is CCCC(=O)N1CCN(c2ccc(NC(=S)NC(=O)C=Cc3ccc(Cl)cc3)cc2)CC1. The maximum Gasteiger partial charge on any atom is 0.250 e. The van der Waals surface area contributed by atoms with E-state index in [1.807, 2.05) is 48.2 Å². The van der Waals surface area contributed by atoms with Crippen molar-refractivity contribution in [3.8, 4) is 0 Å². The number of nitrogens with zero attached hydrogens (tertiary/aromatic N) is 2. The van der Waals surface area contributed by atoms with Crippen molar-refractivity contribution in [3.05, 3.63) is 65.2 Å². The van der Waals surface area contributed by atoms with E-state index < -0.39 is 0 Å². The zero-order valence-electron chi connectivity index (χ0n) is 18.0. The number of hydrogen-bond donors (Lipinski definition) is 2. The van der Waals surface area contributed by atoms with E-state index in [0.717, 1.165) is 49.5 Å². The number of anilines is 2. The second-order valence-electron chi connectivity index (χ2n) is 7.49. The molecule has 6 nitrogen and oxygen atoms in total. The Morgan fingerprint density at radius 1 is 1.03 bits per heavy atom. The third kappa shape index (κ3) is 7.07. The van der Waals surface area contributed by atoms with Crippen LogP contribution in [0.15, 0.2) is 54.6 Å². The largest absolute Gasteiger partial charge is 0.368 e. The molecule has 0 unspecified atom stereocenters. The molecule has 32 heavy (non-hydrogen) atoms. The van der Waals surface area contributed by atoms with Crippen molar-refractivity contribution in [2.45, 2.75) is 19.8 Å². The standard InChI is InChI=1S/C24H27ClN4O2S/c1-2-3-23(31)29-16-14-28(15-17-29)21-11-9-20(10-12-21)26-24(32)27-22(30)13-6-18-4-7-19(25)8-5-18/h4-13H,2-3,14-17H2,1H3,(H2,26,27,30,32). The lowest BCUT2D eigenvalue weighted by atomic mass is 10.2. The Hall–Kier alpha value is -2.90. The summed E-state index contributed by atoms with van der Waals surface area (Å²) in [5.41, 5.74) is 2.76. The number of benzene rings is 2. The number of halogens is 1. The zero-order valence-corrected chi connectivity index (χ0v) is 19.6. The van der Waals surface area contributed by atoms with Gasteiger partial charge in [-0.1, -0.05) is 30.7 Å². The number of thiocarbonyl (C=S) groups is 1. The molecule has 0 radical (unpaired) electrons. The molecule has 2 aromatic rings. The van der Waals surface area contributed by atoms with E-state index in [0.29, 0.717) is 11.4 Å². The fourth-order valence-electron chi connectivity index (χ4n) is 3.40. The molecule has 1 aliphatic heterocycles. The highest BCUT2D eigenvalue weighted by atomic mass is 35.5. The molecule has 0 aliphatic carbocycles. The molecular weight excluding hydrogens is 444 g/mol. The van der Waals surface area contributed by atoms with Gasteiger partial charge < -0.3 is 15.1 Å². The predicted molar refractivity (Wildman–Crippen MR) is 135 cm³/mol. The van der Waals surface area contributed by atoms with Crippen molar-refractivity contribution < 1.29 is 9.59 Å². The van der Waals surface area contributed by atoms with Crippen LogP contribution < -0.4 is 15.5 Å². The first-order valence-corrected chi connectivity index (χ1v) is 11.4. The van der Waals surface area contributed by atoms with Gasteiger partial charge in [-0.2, -0.15) is 0 Å². The minimum absolute atomic E-state index is 0.228. The van der Waals surface area contributed by atoms with Crippen LogP contribution in [0.1, 0.15) is 25.3 Å². The Morgan fingerprint density at radius 3 is 2.31 bits per heavy atom. The molecule has 168 valence electrons. The van der Waals surface area contributed by atoms with Crippen molar-refractivity contribution in [2.24, 2.45) is 0 Å². The summed E-state index contributed by atoms with van der Waals surface area (Å²) in [6.45, 7) is 5.16. The number of carbonyl (C=O) groups excluding carboxylic acids is 2. The van der Waals surface area contributed by atoms with Crippen LogP contribution in [0.3, 0.4) is 0 Å². The summed E-state index contributed by atoms with van der Waals surface area (Å²) >= 11 is 11.1. The third-order valence-corrected chi connectivity index (χ3v) is 5.58. The summed E-state index contributed by atoms with van der Waals surface area (Å²) < 4.78 is 0.